The van der Waals surface area contributed by atoms with Crippen LogP contribution in [0.25, 0.3) is 0 Å². The van der Waals surface area contributed by atoms with Gasteiger partial charge in [-0.25, -0.2) is 4.79 Å². The van der Waals surface area contributed by atoms with Gasteiger partial charge in [-0.2, -0.15) is 0 Å². The molecule has 14 heavy (non-hydrogen) atoms. The maximum absolute atomic E-state index is 10.7. The number of nitrogens with zero attached hydrogens (tertiary/aromatic N) is 1. The Bertz CT molecular complexity index is 323. The molecule has 0 aliphatic carbocycles. The van der Waals surface area contributed by atoms with Gasteiger partial charge in [0.1, 0.15) is 0 Å². The normalized spacial score (nSPS) is 21.1. The van der Waals surface area contributed by atoms with Crippen LogP contribution in [0, 0.1) is 0 Å². The molecule has 0 spiro atoms. The van der Waals surface area contributed by atoms with Gasteiger partial charge >= 0.3 is 6.09 Å². The fraction of sp³-hybridized carbons (Fsp3) is 0.364. The summed E-state index contributed by atoms with van der Waals surface area (Å²) in [5, 5.41) is 8.80. The maximum Gasteiger partial charge on any atom is 0.407 e. The molecule has 1 atom stereocenters. The van der Waals surface area contributed by atoms with Crippen LogP contribution in [-0.2, 0) is 0 Å². The van der Waals surface area contributed by atoms with Crippen molar-refractivity contribution in [1.29, 1.82) is 0 Å². The molecule has 1 saturated heterocycles. The highest BCUT2D eigenvalue weighted by Crippen LogP contribution is 2.26. The lowest BCUT2D eigenvalue weighted by atomic mass is 9.99. The SMILES string of the molecule is O=C(O)N1CCC(c2ccccc2)C1. The summed E-state index contributed by atoms with van der Waals surface area (Å²) in [5.41, 5.74) is 1.25. The summed E-state index contributed by atoms with van der Waals surface area (Å²) in [5.74, 6) is 0.382. The summed E-state index contributed by atoms with van der Waals surface area (Å²) >= 11 is 0. The second kappa shape index (κ2) is 3.70. The van der Waals surface area contributed by atoms with Crippen LogP contribution in [-0.4, -0.2) is 29.2 Å². The Morgan fingerprint density at radius 3 is 2.64 bits per heavy atom. The van der Waals surface area contributed by atoms with Crippen LogP contribution < -0.4 is 0 Å². The summed E-state index contributed by atoms with van der Waals surface area (Å²) in [6.07, 6.45) is 0.138. The van der Waals surface area contributed by atoms with Gasteiger partial charge in [-0.1, -0.05) is 30.3 Å². The van der Waals surface area contributed by atoms with Crippen LogP contribution in [0.2, 0.25) is 0 Å². The number of rotatable bonds is 1. The Hall–Kier alpha value is -1.51. The van der Waals surface area contributed by atoms with Crippen molar-refractivity contribution in [3.05, 3.63) is 35.9 Å². The molecule has 2 rings (SSSR count). The van der Waals surface area contributed by atoms with Crippen molar-refractivity contribution in [2.75, 3.05) is 13.1 Å². The molecular formula is C11H13NO2. The minimum atomic E-state index is -0.802. The molecule has 0 aromatic heterocycles. The van der Waals surface area contributed by atoms with E-state index in [0.717, 1.165) is 6.42 Å². The van der Waals surface area contributed by atoms with Crippen molar-refractivity contribution >= 4 is 6.09 Å². The zero-order chi connectivity index (χ0) is 9.97. The molecule has 1 aromatic rings. The van der Waals surface area contributed by atoms with E-state index in [1.165, 1.54) is 10.5 Å². The monoisotopic (exact) mass is 191 g/mol. The highest BCUT2D eigenvalue weighted by atomic mass is 16.4. The maximum atomic E-state index is 10.7. The zero-order valence-electron chi connectivity index (χ0n) is 7.89. The molecule has 0 saturated carbocycles. The molecule has 1 aliphatic heterocycles. The first-order valence-electron chi connectivity index (χ1n) is 4.80. The minimum absolute atomic E-state index is 0.382. The summed E-state index contributed by atoms with van der Waals surface area (Å²) in [6.45, 7) is 1.30. The Morgan fingerprint density at radius 1 is 1.36 bits per heavy atom. The number of hydrogen-bond donors (Lipinski definition) is 1. The number of amides is 1. The third kappa shape index (κ3) is 1.71. The lowest BCUT2D eigenvalue weighted by Gasteiger charge is -2.12. The first kappa shape index (κ1) is 9.06. The molecule has 1 heterocycles. The molecule has 1 unspecified atom stereocenters. The first-order valence-corrected chi connectivity index (χ1v) is 4.80. The summed E-state index contributed by atoms with van der Waals surface area (Å²) in [7, 11) is 0. The molecule has 1 amide bonds. The molecule has 0 bridgehead atoms. The van der Waals surface area contributed by atoms with E-state index < -0.39 is 6.09 Å². The van der Waals surface area contributed by atoms with Crippen molar-refractivity contribution in [2.24, 2.45) is 0 Å². The largest absolute Gasteiger partial charge is 0.465 e. The fourth-order valence-electron chi connectivity index (χ4n) is 1.93. The molecule has 1 aromatic carbocycles. The second-order valence-electron chi connectivity index (χ2n) is 3.62. The highest BCUT2D eigenvalue weighted by Gasteiger charge is 2.26. The van der Waals surface area contributed by atoms with Crippen molar-refractivity contribution in [3.63, 3.8) is 0 Å². The average molecular weight is 191 g/mol. The molecule has 1 fully saturated rings. The Kier molecular flexibility index (Phi) is 2.39. The van der Waals surface area contributed by atoms with Crippen LogP contribution in [0.1, 0.15) is 17.9 Å². The van der Waals surface area contributed by atoms with Gasteiger partial charge in [-0.05, 0) is 12.0 Å². The predicted molar refractivity (Wildman–Crippen MR) is 53.4 cm³/mol. The van der Waals surface area contributed by atoms with Crippen LogP contribution in [0.5, 0.6) is 0 Å². The van der Waals surface area contributed by atoms with E-state index in [0.29, 0.717) is 19.0 Å². The Morgan fingerprint density at radius 2 is 2.07 bits per heavy atom. The molecule has 74 valence electrons. The molecule has 1 aliphatic rings. The quantitative estimate of drug-likeness (QED) is 0.738. The zero-order valence-corrected chi connectivity index (χ0v) is 7.89. The van der Waals surface area contributed by atoms with Gasteiger partial charge < -0.3 is 10.0 Å². The molecule has 0 radical (unpaired) electrons. The van der Waals surface area contributed by atoms with E-state index in [-0.39, 0.29) is 0 Å². The summed E-state index contributed by atoms with van der Waals surface area (Å²) < 4.78 is 0. The standard InChI is InChI=1S/C11H13NO2/c13-11(14)12-7-6-10(8-12)9-4-2-1-3-5-9/h1-5,10H,6-8H2,(H,13,14). The van der Waals surface area contributed by atoms with E-state index in [9.17, 15) is 4.79 Å². The van der Waals surface area contributed by atoms with Crippen molar-refractivity contribution in [2.45, 2.75) is 12.3 Å². The van der Waals surface area contributed by atoms with Crippen LogP contribution >= 0.6 is 0 Å². The number of carbonyl (C=O) groups is 1. The first-order chi connectivity index (χ1) is 6.77. The van der Waals surface area contributed by atoms with Gasteiger partial charge in [0.2, 0.25) is 0 Å². The van der Waals surface area contributed by atoms with E-state index in [1.807, 2.05) is 18.2 Å². The van der Waals surface area contributed by atoms with Gasteiger partial charge in [-0.15, -0.1) is 0 Å². The molecular weight excluding hydrogens is 178 g/mol. The number of likely N-dealkylation sites (tertiary alicyclic amines) is 1. The van der Waals surface area contributed by atoms with Crippen LogP contribution in [0.15, 0.2) is 30.3 Å². The van der Waals surface area contributed by atoms with Crippen molar-refractivity contribution in [3.8, 4) is 0 Å². The minimum Gasteiger partial charge on any atom is -0.465 e. The van der Waals surface area contributed by atoms with E-state index in [1.54, 1.807) is 0 Å². The van der Waals surface area contributed by atoms with Crippen molar-refractivity contribution < 1.29 is 9.90 Å². The Labute approximate surface area is 83.0 Å². The molecule has 3 heteroatoms. The molecule has 1 N–H and O–H groups in total. The Balaban J connectivity index is 2.06. The van der Waals surface area contributed by atoms with E-state index in [2.05, 4.69) is 12.1 Å². The van der Waals surface area contributed by atoms with Crippen LogP contribution in [0.4, 0.5) is 4.79 Å². The van der Waals surface area contributed by atoms with Gasteiger partial charge in [-0.3, -0.25) is 0 Å². The lowest BCUT2D eigenvalue weighted by molar-refractivity contribution is 0.155. The highest BCUT2D eigenvalue weighted by molar-refractivity contribution is 5.65. The number of carboxylic acid groups (broad SMARTS) is 1. The fourth-order valence-corrected chi connectivity index (χ4v) is 1.93. The van der Waals surface area contributed by atoms with E-state index in [4.69, 9.17) is 5.11 Å². The number of benzene rings is 1. The lowest BCUT2D eigenvalue weighted by Crippen LogP contribution is -2.26. The summed E-state index contributed by atoms with van der Waals surface area (Å²) in [6, 6.07) is 10.1. The van der Waals surface area contributed by atoms with Crippen LogP contribution in [0.3, 0.4) is 0 Å². The second-order valence-corrected chi connectivity index (χ2v) is 3.62. The van der Waals surface area contributed by atoms with Gasteiger partial charge in [0, 0.05) is 19.0 Å². The van der Waals surface area contributed by atoms with Gasteiger partial charge in [0.05, 0.1) is 0 Å². The van der Waals surface area contributed by atoms with Crippen molar-refractivity contribution in [1.82, 2.24) is 4.90 Å². The van der Waals surface area contributed by atoms with Gasteiger partial charge in [0.25, 0.3) is 0 Å². The topological polar surface area (TPSA) is 40.5 Å². The third-order valence-electron chi connectivity index (χ3n) is 2.73. The number of hydrogen-bond acceptors (Lipinski definition) is 1. The smallest absolute Gasteiger partial charge is 0.407 e. The predicted octanol–water partition coefficient (Wildman–Crippen LogP) is 2.15. The van der Waals surface area contributed by atoms with Gasteiger partial charge in [0.15, 0.2) is 0 Å². The average Bonchev–Trinajstić information content (AvgIpc) is 2.68. The molecule has 3 nitrogen and oxygen atoms in total. The third-order valence-corrected chi connectivity index (χ3v) is 2.73. The summed E-state index contributed by atoms with van der Waals surface area (Å²) in [4.78, 5) is 12.2. The van der Waals surface area contributed by atoms with E-state index >= 15 is 0 Å².